The lowest BCUT2D eigenvalue weighted by atomic mass is 10.0. The van der Waals surface area contributed by atoms with Crippen molar-refractivity contribution in [2.45, 2.75) is 52.2 Å². The van der Waals surface area contributed by atoms with Crippen LogP contribution < -0.4 is 5.32 Å². The SMILES string of the molecule is CCn1c(SCC(=O)Nc2cccc(C)c2C)nnc1-c1ccc(C(C)C)cc1. The summed E-state index contributed by atoms with van der Waals surface area (Å²) in [5.41, 5.74) is 5.45. The molecule has 0 saturated heterocycles. The normalized spacial score (nSPS) is 11.1. The Kier molecular flexibility index (Phi) is 6.75. The van der Waals surface area contributed by atoms with Crippen molar-refractivity contribution in [1.29, 1.82) is 0 Å². The molecule has 0 fully saturated rings. The van der Waals surface area contributed by atoms with E-state index in [2.05, 4.69) is 65.1 Å². The third-order valence-electron chi connectivity index (χ3n) is 5.08. The monoisotopic (exact) mass is 408 g/mol. The van der Waals surface area contributed by atoms with Crippen LogP contribution in [0.25, 0.3) is 11.4 Å². The standard InChI is InChI=1S/C23H28N4OS/c1-6-27-22(19-12-10-18(11-13-19)15(2)3)25-26-23(27)29-14-21(28)24-20-9-7-8-16(4)17(20)5/h7-13,15H,6,14H2,1-5H3,(H,24,28). The van der Waals surface area contributed by atoms with Crippen LogP contribution in [-0.4, -0.2) is 26.4 Å². The quantitative estimate of drug-likeness (QED) is 0.529. The van der Waals surface area contributed by atoms with Crippen LogP contribution in [0.15, 0.2) is 47.6 Å². The first-order valence-corrected chi connectivity index (χ1v) is 10.9. The van der Waals surface area contributed by atoms with Gasteiger partial charge in [-0.1, -0.05) is 62.0 Å². The van der Waals surface area contributed by atoms with E-state index in [9.17, 15) is 4.79 Å². The first-order chi connectivity index (χ1) is 13.9. The molecular weight excluding hydrogens is 380 g/mol. The summed E-state index contributed by atoms with van der Waals surface area (Å²) in [4.78, 5) is 12.4. The van der Waals surface area contributed by atoms with Crippen LogP contribution in [0.1, 0.15) is 43.4 Å². The van der Waals surface area contributed by atoms with Gasteiger partial charge >= 0.3 is 0 Å². The van der Waals surface area contributed by atoms with Crippen molar-refractivity contribution in [3.8, 4) is 11.4 Å². The van der Waals surface area contributed by atoms with Gasteiger partial charge in [-0.2, -0.15) is 0 Å². The lowest BCUT2D eigenvalue weighted by Crippen LogP contribution is -2.15. The van der Waals surface area contributed by atoms with E-state index in [1.165, 1.54) is 17.3 Å². The second kappa shape index (κ2) is 9.27. The van der Waals surface area contributed by atoms with Crippen LogP contribution in [0.5, 0.6) is 0 Å². The van der Waals surface area contributed by atoms with E-state index in [0.29, 0.717) is 5.92 Å². The first-order valence-electron chi connectivity index (χ1n) is 9.93. The number of nitrogens with zero attached hydrogens (tertiary/aromatic N) is 3. The second-order valence-electron chi connectivity index (χ2n) is 7.41. The van der Waals surface area contributed by atoms with Crippen molar-refractivity contribution in [2.24, 2.45) is 0 Å². The third kappa shape index (κ3) is 4.88. The van der Waals surface area contributed by atoms with Gasteiger partial charge in [-0.05, 0) is 49.4 Å². The van der Waals surface area contributed by atoms with E-state index in [-0.39, 0.29) is 11.7 Å². The minimum Gasteiger partial charge on any atom is -0.325 e. The molecule has 0 unspecified atom stereocenters. The fourth-order valence-corrected chi connectivity index (χ4v) is 3.92. The zero-order valence-corrected chi connectivity index (χ0v) is 18.5. The summed E-state index contributed by atoms with van der Waals surface area (Å²) in [6.45, 7) is 11.2. The lowest BCUT2D eigenvalue weighted by Gasteiger charge is -2.11. The van der Waals surface area contributed by atoms with Gasteiger partial charge in [-0.3, -0.25) is 4.79 Å². The van der Waals surface area contributed by atoms with Gasteiger partial charge in [0.05, 0.1) is 5.75 Å². The summed E-state index contributed by atoms with van der Waals surface area (Å²) < 4.78 is 2.06. The maximum Gasteiger partial charge on any atom is 0.234 e. The molecule has 29 heavy (non-hydrogen) atoms. The van der Waals surface area contributed by atoms with Crippen molar-refractivity contribution in [1.82, 2.24) is 14.8 Å². The molecule has 0 aliphatic rings. The molecule has 152 valence electrons. The molecule has 1 amide bonds. The molecule has 6 heteroatoms. The fraction of sp³-hybridized carbons (Fsp3) is 0.348. The van der Waals surface area contributed by atoms with Crippen LogP contribution in [0.2, 0.25) is 0 Å². The van der Waals surface area contributed by atoms with Crippen LogP contribution >= 0.6 is 11.8 Å². The highest BCUT2D eigenvalue weighted by molar-refractivity contribution is 7.99. The summed E-state index contributed by atoms with van der Waals surface area (Å²) in [6.07, 6.45) is 0. The van der Waals surface area contributed by atoms with Crippen LogP contribution in [0.3, 0.4) is 0 Å². The Balaban J connectivity index is 1.70. The minimum atomic E-state index is -0.0443. The Labute approximate surface area is 176 Å². The summed E-state index contributed by atoms with van der Waals surface area (Å²) in [5, 5.41) is 12.5. The predicted octanol–water partition coefficient (Wildman–Crippen LogP) is 5.44. The van der Waals surface area contributed by atoms with Crippen molar-refractivity contribution < 1.29 is 4.79 Å². The number of anilines is 1. The fourth-order valence-electron chi connectivity index (χ4n) is 3.11. The molecule has 0 aliphatic heterocycles. The Hall–Kier alpha value is -2.60. The summed E-state index contributed by atoms with van der Waals surface area (Å²) in [6, 6.07) is 14.4. The van der Waals surface area contributed by atoms with Gasteiger partial charge in [0, 0.05) is 17.8 Å². The summed E-state index contributed by atoms with van der Waals surface area (Å²) in [7, 11) is 0. The van der Waals surface area contributed by atoms with Crippen LogP contribution in [0.4, 0.5) is 5.69 Å². The molecule has 3 rings (SSSR count). The van der Waals surface area contributed by atoms with E-state index in [1.54, 1.807) is 0 Å². The number of amides is 1. The zero-order chi connectivity index (χ0) is 21.0. The number of carbonyl (C=O) groups is 1. The first kappa shape index (κ1) is 21.1. The molecule has 0 atom stereocenters. The number of aryl methyl sites for hydroxylation is 1. The average molecular weight is 409 g/mol. The van der Waals surface area contributed by atoms with Gasteiger partial charge in [-0.25, -0.2) is 0 Å². The van der Waals surface area contributed by atoms with Crippen molar-refractivity contribution in [3.63, 3.8) is 0 Å². The molecule has 1 aromatic heterocycles. The smallest absolute Gasteiger partial charge is 0.234 e. The zero-order valence-electron chi connectivity index (χ0n) is 17.7. The van der Waals surface area contributed by atoms with Gasteiger partial charge in [0.2, 0.25) is 5.91 Å². The maximum atomic E-state index is 12.4. The summed E-state index contributed by atoms with van der Waals surface area (Å²) >= 11 is 1.41. The predicted molar refractivity (Wildman–Crippen MR) is 120 cm³/mol. The highest BCUT2D eigenvalue weighted by Gasteiger charge is 2.15. The number of nitrogens with one attached hydrogen (secondary N) is 1. The van der Waals surface area contributed by atoms with Crippen LogP contribution in [-0.2, 0) is 11.3 Å². The van der Waals surface area contributed by atoms with E-state index < -0.39 is 0 Å². The van der Waals surface area contributed by atoms with E-state index in [1.807, 2.05) is 32.0 Å². The molecule has 3 aromatic rings. The molecule has 1 heterocycles. The van der Waals surface area contributed by atoms with Gasteiger partial charge in [-0.15, -0.1) is 10.2 Å². The Morgan fingerprint density at radius 2 is 1.83 bits per heavy atom. The number of thioether (sulfide) groups is 1. The number of hydrogen-bond donors (Lipinski definition) is 1. The third-order valence-corrected chi connectivity index (χ3v) is 6.05. The molecule has 0 aliphatic carbocycles. The molecule has 1 N–H and O–H groups in total. The van der Waals surface area contributed by atoms with Gasteiger partial charge in [0.15, 0.2) is 11.0 Å². The molecule has 0 saturated carbocycles. The lowest BCUT2D eigenvalue weighted by molar-refractivity contribution is -0.113. The molecule has 5 nitrogen and oxygen atoms in total. The van der Waals surface area contributed by atoms with E-state index in [4.69, 9.17) is 0 Å². The molecule has 0 radical (unpaired) electrons. The van der Waals surface area contributed by atoms with Crippen LogP contribution in [0, 0.1) is 13.8 Å². The second-order valence-corrected chi connectivity index (χ2v) is 8.35. The Morgan fingerprint density at radius 1 is 1.10 bits per heavy atom. The number of benzene rings is 2. The Bertz CT molecular complexity index is 993. The van der Waals surface area contributed by atoms with E-state index >= 15 is 0 Å². The molecule has 0 spiro atoms. The number of hydrogen-bond acceptors (Lipinski definition) is 4. The highest BCUT2D eigenvalue weighted by Crippen LogP contribution is 2.26. The number of carbonyl (C=O) groups excluding carboxylic acids is 1. The number of rotatable bonds is 7. The topological polar surface area (TPSA) is 59.8 Å². The van der Waals surface area contributed by atoms with Crippen molar-refractivity contribution in [3.05, 3.63) is 59.2 Å². The van der Waals surface area contributed by atoms with Gasteiger partial charge in [0.1, 0.15) is 0 Å². The number of aromatic nitrogens is 3. The summed E-state index contributed by atoms with van der Waals surface area (Å²) in [5.74, 6) is 1.57. The molecule has 0 bridgehead atoms. The largest absolute Gasteiger partial charge is 0.325 e. The Morgan fingerprint density at radius 3 is 2.48 bits per heavy atom. The van der Waals surface area contributed by atoms with Crippen molar-refractivity contribution >= 4 is 23.4 Å². The van der Waals surface area contributed by atoms with Crippen molar-refractivity contribution in [2.75, 3.05) is 11.1 Å². The highest BCUT2D eigenvalue weighted by atomic mass is 32.2. The maximum absolute atomic E-state index is 12.4. The minimum absolute atomic E-state index is 0.0443. The average Bonchev–Trinajstić information content (AvgIpc) is 3.13. The molecular formula is C23H28N4OS. The van der Waals surface area contributed by atoms with Gasteiger partial charge < -0.3 is 9.88 Å². The van der Waals surface area contributed by atoms with E-state index in [0.717, 1.165) is 39.9 Å². The van der Waals surface area contributed by atoms with Gasteiger partial charge in [0.25, 0.3) is 0 Å². The molecule has 2 aromatic carbocycles.